The number of nitrogens with zero attached hydrogens (tertiary/aromatic N) is 2. The molecule has 7 rings (SSSR count). The van der Waals surface area contributed by atoms with Crippen LogP contribution in [0.3, 0.4) is 0 Å². The van der Waals surface area contributed by atoms with Crippen molar-refractivity contribution in [3.05, 3.63) is 172 Å². The van der Waals surface area contributed by atoms with Gasteiger partial charge in [0, 0.05) is 24.2 Å². The van der Waals surface area contributed by atoms with Crippen molar-refractivity contribution in [2.75, 3.05) is 26.3 Å². The Labute approximate surface area is 303 Å². The van der Waals surface area contributed by atoms with Crippen LogP contribution in [0.15, 0.2) is 140 Å². The lowest BCUT2D eigenvalue weighted by molar-refractivity contribution is -0.129. The van der Waals surface area contributed by atoms with Gasteiger partial charge in [0.25, 0.3) is 5.24 Å². The number of carbonyl (C=O) groups excluding carboxylic acids is 2. The number of hydrogen-bond acceptors (Lipinski definition) is 6. The van der Waals surface area contributed by atoms with E-state index in [0.29, 0.717) is 24.7 Å². The number of hydrogen-bond donors (Lipinski definition) is 0. The topological polar surface area (TPSA) is 59.1 Å². The van der Waals surface area contributed by atoms with Crippen LogP contribution in [0.25, 0.3) is 0 Å². The summed E-state index contributed by atoms with van der Waals surface area (Å²) >= 11 is 7.33. The minimum atomic E-state index is -1.12. The van der Waals surface area contributed by atoms with E-state index in [1.807, 2.05) is 133 Å². The predicted molar refractivity (Wildman–Crippen MR) is 200 cm³/mol. The summed E-state index contributed by atoms with van der Waals surface area (Å²) in [5.74, 6) is 0.562. The van der Waals surface area contributed by atoms with Crippen molar-refractivity contribution in [2.24, 2.45) is 0 Å². The van der Waals surface area contributed by atoms with Crippen molar-refractivity contribution >= 4 is 34.5 Å². The maximum atomic E-state index is 14.5. The first-order chi connectivity index (χ1) is 24.4. The number of morpholine rings is 1. The van der Waals surface area contributed by atoms with Crippen molar-refractivity contribution in [1.82, 2.24) is 9.80 Å². The molecular formula is C42H39ClN2O4S. The first-order valence-corrected chi connectivity index (χ1v) is 18.2. The molecule has 0 N–H and O–H groups in total. The maximum Gasteiger partial charge on any atom is 0.290 e. The lowest BCUT2D eigenvalue weighted by Gasteiger charge is -2.42. The Morgan fingerprint density at radius 3 is 2.00 bits per heavy atom. The molecule has 2 amide bonds. The van der Waals surface area contributed by atoms with Gasteiger partial charge in [-0.15, -0.1) is 0 Å². The summed E-state index contributed by atoms with van der Waals surface area (Å²) in [6.45, 7) is 4.96. The maximum absolute atomic E-state index is 14.5. The van der Waals surface area contributed by atoms with Crippen LogP contribution in [0, 0.1) is 0 Å². The fourth-order valence-corrected chi connectivity index (χ4v) is 8.31. The SMILES string of the molecule is C[C@H](COc1ccc(CC2SC(=O)N(C(c3ccccc3)(c3ccccc3)c3ccccc3)C2=O)cc1)N1CCO[C@H](c2cccc(Cl)c2)C1. The van der Waals surface area contributed by atoms with Gasteiger partial charge < -0.3 is 9.47 Å². The van der Waals surface area contributed by atoms with Gasteiger partial charge in [0.1, 0.15) is 17.9 Å². The Morgan fingerprint density at radius 1 is 0.820 bits per heavy atom. The normalized spacial score (nSPS) is 19.0. The Morgan fingerprint density at radius 2 is 1.42 bits per heavy atom. The van der Waals surface area contributed by atoms with Crippen LogP contribution in [0.4, 0.5) is 4.79 Å². The van der Waals surface area contributed by atoms with Gasteiger partial charge in [-0.25, -0.2) is 0 Å². The van der Waals surface area contributed by atoms with Gasteiger partial charge in [0.05, 0.1) is 18.0 Å². The molecule has 0 aliphatic carbocycles. The van der Waals surface area contributed by atoms with Crippen molar-refractivity contribution < 1.29 is 19.1 Å². The molecule has 2 aliphatic rings. The van der Waals surface area contributed by atoms with E-state index in [4.69, 9.17) is 21.1 Å². The molecular weight excluding hydrogens is 664 g/mol. The summed E-state index contributed by atoms with van der Waals surface area (Å²) in [7, 11) is 0. The Hall–Kier alpha value is -4.40. The molecule has 3 atom stereocenters. The summed E-state index contributed by atoms with van der Waals surface area (Å²) in [5, 5.41) is -0.104. The molecule has 2 saturated heterocycles. The van der Waals surface area contributed by atoms with Crippen LogP contribution in [-0.4, -0.2) is 58.5 Å². The van der Waals surface area contributed by atoms with E-state index in [2.05, 4.69) is 17.9 Å². The van der Waals surface area contributed by atoms with Crippen molar-refractivity contribution in [3.8, 4) is 5.75 Å². The molecule has 50 heavy (non-hydrogen) atoms. The molecule has 0 aromatic heterocycles. The van der Waals surface area contributed by atoms with Crippen molar-refractivity contribution in [3.63, 3.8) is 0 Å². The van der Waals surface area contributed by atoms with E-state index in [1.165, 1.54) is 4.90 Å². The lowest BCUT2D eigenvalue weighted by atomic mass is 9.75. The standard InChI is InChI=1S/C42H39ClN2O4S/c1-30(44-24-25-48-38(28-44)32-12-11-19-36(43)27-32)29-49-37-22-20-31(21-23-37)26-39-40(46)45(41(47)50-39)42(33-13-5-2-6-14-33,34-15-7-3-8-16-34)35-17-9-4-10-18-35/h2-23,27,30,38-39H,24-26,28-29H2,1H3/t30-,38+,39?/m1/s1. The second-order valence-corrected chi connectivity index (χ2v) is 14.4. The van der Waals surface area contributed by atoms with Crippen LogP contribution < -0.4 is 4.74 Å². The summed E-state index contributed by atoms with van der Waals surface area (Å²) in [5.41, 5.74) is 3.49. The van der Waals surface area contributed by atoms with Gasteiger partial charge in [-0.3, -0.25) is 19.4 Å². The summed E-state index contributed by atoms with van der Waals surface area (Å²) in [4.78, 5) is 32.4. The van der Waals surface area contributed by atoms with E-state index in [-0.39, 0.29) is 23.3 Å². The number of amides is 2. The Bertz CT molecular complexity index is 1810. The van der Waals surface area contributed by atoms with Gasteiger partial charge in [0.2, 0.25) is 5.91 Å². The van der Waals surface area contributed by atoms with E-state index in [1.54, 1.807) is 0 Å². The molecule has 2 heterocycles. The number of ether oxygens (including phenoxy) is 2. The zero-order chi connectivity index (χ0) is 34.5. The molecule has 2 aliphatic heterocycles. The summed E-state index contributed by atoms with van der Waals surface area (Å²) in [6, 6.07) is 45.4. The molecule has 0 bridgehead atoms. The molecule has 0 spiro atoms. The molecule has 2 fully saturated rings. The number of thioether (sulfide) groups is 1. The largest absolute Gasteiger partial charge is 0.492 e. The highest BCUT2D eigenvalue weighted by molar-refractivity contribution is 8.15. The molecule has 0 radical (unpaired) electrons. The monoisotopic (exact) mass is 702 g/mol. The predicted octanol–water partition coefficient (Wildman–Crippen LogP) is 8.78. The molecule has 254 valence electrons. The zero-order valence-corrected chi connectivity index (χ0v) is 29.4. The van der Waals surface area contributed by atoms with E-state index in [0.717, 1.165) is 58.4 Å². The van der Waals surface area contributed by atoms with E-state index < -0.39 is 10.8 Å². The number of benzene rings is 5. The first-order valence-electron chi connectivity index (χ1n) is 17.0. The highest BCUT2D eigenvalue weighted by Gasteiger charge is 2.54. The zero-order valence-electron chi connectivity index (χ0n) is 27.9. The second-order valence-electron chi connectivity index (χ2n) is 12.8. The van der Waals surface area contributed by atoms with Crippen LogP contribution >= 0.6 is 23.4 Å². The van der Waals surface area contributed by atoms with Crippen molar-refractivity contribution in [1.29, 1.82) is 0 Å². The third-order valence-corrected chi connectivity index (χ3v) is 10.9. The number of carbonyl (C=O) groups is 2. The molecule has 5 aromatic carbocycles. The van der Waals surface area contributed by atoms with E-state index >= 15 is 0 Å². The highest BCUT2D eigenvalue weighted by Crippen LogP contribution is 2.48. The smallest absolute Gasteiger partial charge is 0.290 e. The van der Waals surface area contributed by atoms with Gasteiger partial charge in [-0.2, -0.15) is 0 Å². The van der Waals surface area contributed by atoms with Crippen LogP contribution in [0.5, 0.6) is 5.75 Å². The summed E-state index contributed by atoms with van der Waals surface area (Å²) in [6.07, 6.45) is 0.400. The number of halogens is 1. The van der Waals surface area contributed by atoms with Crippen LogP contribution in [0.2, 0.25) is 5.02 Å². The fraction of sp³-hybridized carbons (Fsp3) is 0.238. The fourth-order valence-electron chi connectivity index (χ4n) is 7.05. The van der Waals surface area contributed by atoms with Gasteiger partial charge in [0.15, 0.2) is 0 Å². The molecule has 5 aromatic rings. The third-order valence-electron chi connectivity index (χ3n) is 9.61. The van der Waals surface area contributed by atoms with Gasteiger partial charge in [-0.1, -0.05) is 139 Å². The quantitative estimate of drug-likeness (QED) is 0.128. The molecule has 1 unspecified atom stereocenters. The molecule has 8 heteroatoms. The van der Waals surface area contributed by atoms with E-state index in [9.17, 15) is 9.59 Å². The van der Waals surface area contributed by atoms with Crippen LogP contribution in [-0.2, 0) is 21.5 Å². The summed E-state index contributed by atoms with van der Waals surface area (Å²) < 4.78 is 12.3. The second kappa shape index (κ2) is 15.2. The van der Waals surface area contributed by atoms with Gasteiger partial charge >= 0.3 is 0 Å². The molecule has 6 nitrogen and oxygen atoms in total. The highest BCUT2D eigenvalue weighted by atomic mass is 35.5. The third kappa shape index (κ3) is 6.96. The average Bonchev–Trinajstić information content (AvgIpc) is 3.44. The van der Waals surface area contributed by atoms with Crippen LogP contribution in [0.1, 0.15) is 40.8 Å². The lowest BCUT2D eigenvalue weighted by Crippen LogP contribution is -2.51. The average molecular weight is 703 g/mol. The number of imide groups is 1. The first kappa shape index (κ1) is 34.1. The Balaban J connectivity index is 1.05. The van der Waals surface area contributed by atoms with Gasteiger partial charge in [-0.05, 0) is 65.4 Å². The Kier molecular flexibility index (Phi) is 10.4. The minimum Gasteiger partial charge on any atom is -0.492 e. The molecule has 0 saturated carbocycles. The number of rotatable bonds is 11. The van der Waals surface area contributed by atoms with Crippen molar-refractivity contribution in [2.45, 2.75) is 36.3 Å². The minimum absolute atomic E-state index is 0.0265.